The van der Waals surface area contributed by atoms with E-state index < -0.39 is 5.97 Å². The number of ether oxygens (including phenoxy) is 1. The summed E-state index contributed by atoms with van der Waals surface area (Å²) in [6.45, 7) is 0. The Labute approximate surface area is 156 Å². The molecule has 0 aliphatic rings. The van der Waals surface area contributed by atoms with E-state index in [4.69, 9.17) is 9.73 Å². The standard InChI is InChI=1S/C23H18N2O2/c1-27-23(26)18-12-6-7-13-20(18)25-21-14-8-5-11-17-19(15-24-22(17)21)16-9-3-2-4-10-16/h2-15,24H,1H3. The maximum absolute atomic E-state index is 12.0. The molecule has 0 atom stereocenters. The van der Waals surface area contributed by atoms with Gasteiger partial charge in [0.25, 0.3) is 0 Å². The summed E-state index contributed by atoms with van der Waals surface area (Å²) in [7, 11) is 1.37. The monoisotopic (exact) mass is 354 g/mol. The van der Waals surface area contributed by atoms with Crippen LogP contribution in [0.2, 0.25) is 0 Å². The Balaban J connectivity index is 1.96. The van der Waals surface area contributed by atoms with E-state index in [-0.39, 0.29) is 0 Å². The van der Waals surface area contributed by atoms with Crippen molar-refractivity contribution in [2.45, 2.75) is 0 Å². The van der Waals surface area contributed by atoms with Crippen molar-refractivity contribution in [2.24, 2.45) is 4.99 Å². The van der Waals surface area contributed by atoms with Crippen LogP contribution in [0.5, 0.6) is 0 Å². The van der Waals surface area contributed by atoms with Gasteiger partial charge in [0.05, 0.1) is 29.2 Å². The number of nitrogens with zero attached hydrogens (tertiary/aromatic N) is 1. The lowest BCUT2D eigenvalue weighted by atomic mass is 10.1. The quantitative estimate of drug-likeness (QED) is 0.535. The minimum atomic E-state index is -0.401. The SMILES string of the molecule is COC(=O)c1ccccc1N=c1ccccc2c(-c3ccccc3)c[nH]c12. The number of H-pyrrole nitrogens is 1. The summed E-state index contributed by atoms with van der Waals surface area (Å²) in [4.78, 5) is 20.2. The smallest absolute Gasteiger partial charge is 0.340 e. The Hall–Kier alpha value is -3.66. The van der Waals surface area contributed by atoms with Crippen molar-refractivity contribution in [3.63, 3.8) is 0 Å². The van der Waals surface area contributed by atoms with E-state index in [9.17, 15) is 4.79 Å². The lowest BCUT2D eigenvalue weighted by Gasteiger charge is -2.02. The Morgan fingerprint density at radius 1 is 0.889 bits per heavy atom. The second kappa shape index (κ2) is 7.30. The largest absolute Gasteiger partial charge is 0.465 e. The summed E-state index contributed by atoms with van der Waals surface area (Å²) >= 11 is 0. The van der Waals surface area contributed by atoms with Gasteiger partial charge in [0.2, 0.25) is 0 Å². The van der Waals surface area contributed by atoms with Crippen molar-refractivity contribution in [1.29, 1.82) is 0 Å². The van der Waals surface area contributed by atoms with E-state index in [1.165, 1.54) is 7.11 Å². The molecule has 0 saturated carbocycles. The molecule has 0 aliphatic carbocycles. The van der Waals surface area contributed by atoms with Crippen LogP contribution in [-0.2, 0) is 4.74 Å². The first-order valence-electron chi connectivity index (χ1n) is 8.66. The van der Waals surface area contributed by atoms with E-state index in [2.05, 4.69) is 23.2 Å². The van der Waals surface area contributed by atoms with Gasteiger partial charge in [-0.25, -0.2) is 9.79 Å². The molecule has 0 unspecified atom stereocenters. The average molecular weight is 354 g/mol. The zero-order chi connectivity index (χ0) is 18.6. The van der Waals surface area contributed by atoms with E-state index in [0.717, 1.165) is 27.4 Å². The molecule has 4 nitrogen and oxygen atoms in total. The van der Waals surface area contributed by atoms with Crippen LogP contribution < -0.4 is 5.36 Å². The number of rotatable bonds is 3. The maximum Gasteiger partial charge on any atom is 0.340 e. The number of hydrogen-bond acceptors (Lipinski definition) is 3. The number of fused-ring (bicyclic) bond motifs is 1. The Morgan fingerprint density at radius 2 is 1.59 bits per heavy atom. The van der Waals surface area contributed by atoms with Gasteiger partial charge >= 0.3 is 5.97 Å². The zero-order valence-corrected chi connectivity index (χ0v) is 14.8. The predicted molar refractivity (Wildman–Crippen MR) is 107 cm³/mol. The highest BCUT2D eigenvalue weighted by atomic mass is 16.5. The number of aromatic nitrogens is 1. The van der Waals surface area contributed by atoms with Crippen molar-refractivity contribution < 1.29 is 9.53 Å². The van der Waals surface area contributed by atoms with Crippen molar-refractivity contribution in [1.82, 2.24) is 4.98 Å². The topological polar surface area (TPSA) is 54.4 Å². The van der Waals surface area contributed by atoms with Crippen LogP contribution >= 0.6 is 0 Å². The van der Waals surface area contributed by atoms with Crippen LogP contribution in [0.15, 0.2) is 90.1 Å². The molecule has 0 fully saturated rings. The second-order valence-corrected chi connectivity index (χ2v) is 6.08. The van der Waals surface area contributed by atoms with Gasteiger partial charge in [-0.15, -0.1) is 0 Å². The number of nitrogens with one attached hydrogen (secondary N) is 1. The summed E-state index contributed by atoms with van der Waals surface area (Å²) in [6.07, 6.45) is 1.99. The molecule has 4 aromatic rings. The first kappa shape index (κ1) is 16.8. The fourth-order valence-corrected chi connectivity index (χ4v) is 3.13. The Bertz CT molecular complexity index is 1180. The highest BCUT2D eigenvalue weighted by molar-refractivity contribution is 5.96. The number of carbonyl (C=O) groups excluding carboxylic acids is 1. The van der Waals surface area contributed by atoms with Gasteiger partial charge in [0.1, 0.15) is 0 Å². The number of esters is 1. The fraction of sp³-hybridized carbons (Fsp3) is 0.0435. The zero-order valence-electron chi connectivity index (χ0n) is 14.8. The van der Waals surface area contributed by atoms with Gasteiger partial charge in [-0.1, -0.05) is 60.7 Å². The van der Waals surface area contributed by atoms with Crippen LogP contribution in [0.1, 0.15) is 10.4 Å². The third-order valence-electron chi connectivity index (χ3n) is 4.44. The molecule has 4 heteroatoms. The van der Waals surface area contributed by atoms with Gasteiger partial charge in [-0.05, 0) is 23.8 Å². The number of para-hydroxylation sites is 1. The van der Waals surface area contributed by atoms with Crippen molar-refractivity contribution >= 4 is 22.6 Å². The minimum Gasteiger partial charge on any atom is -0.465 e. The molecular formula is C23H18N2O2. The lowest BCUT2D eigenvalue weighted by molar-refractivity contribution is 0.0601. The van der Waals surface area contributed by atoms with Crippen molar-refractivity contribution in [3.8, 4) is 11.1 Å². The number of hydrogen-bond donors (Lipinski definition) is 1. The summed E-state index contributed by atoms with van der Waals surface area (Å²) in [6, 6.07) is 25.3. The minimum absolute atomic E-state index is 0.401. The first-order valence-corrected chi connectivity index (χ1v) is 8.66. The molecule has 1 N–H and O–H groups in total. The van der Waals surface area contributed by atoms with Crippen LogP contribution in [0.4, 0.5) is 5.69 Å². The molecule has 0 amide bonds. The molecule has 0 saturated heterocycles. The summed E-state index contributed by atoms with van der Waals surface area (Å²) in [5.74, 6) is -0.401. The molecule has 4 rings (SSSR count). The van der Waals surface area contributed by atoms with Gasteiger partial charge in [-0.3, -0.25) is 0 Å². The Morgan fingerprint density at radius 3 is 2.41 bits per heavy atom. The first-order chi connectivity index (χ1) is 13.3. The van der Waals surface area contributed by atoms with Crippen LogP contribution in [0.3, 0.4) is 0 Å². The third kappa shape index (κ3) is 3.25. The molecule has 0 bridgehead atoms. The van der Waals surface area contributed by atoms with E-state index >= 15 is 0 Å². The Kier molecular flexibility index (Phi) is 4.54. The van der Waals surface area contributed by atoms with Crippen molar-refractivity contribution in [3.05, 3.63) is 96.0 Å². The number of benzene rings is 2. The van der Waals surface area contributed by atoms with Gasteiger partial charge in [0, 0.05) is 17.1 Å². The third-order valence-corrected chi connectivity index (χ3v) is 4.44. The molecule has 1 aromatic heterocycles. The average Bonchev–Trinajstić information content (AvgIpc) is 3.04. The molecule has 132 valence electrons. The van der Waals surface area contributed by atoms with E-state index in [1.54, 1.807) is 12.1 Å². The fourth-order valence-electron chi connectivity index (χ4n) is 3.13. The van der Waals surface area contributed by atoms with E-state index in [0.29, 0.717) is 11.3 Å². The summed E-state index contributed by atoms with van der Waals surface area (Å²) in [5.41, 5.74) is 4.18. The summed E-state index contributed by atoms with van der Waals surface area (Å²) < 4.78 is 4.88. The van der Waals surface area contributed by atoms with Crippen LogP contribution in [0.25, 0.3) is 22.0 Å². The second-order valence-electron chi connectivity index (χ2n) is 6.08. The van der Waals surface area contributed by atoms with Crippen LogP contribution in [-0.4, -0.2) is 18.1 Å². The molecule has 27 heavy (non-hydrogen) atoms. The van der Waals surface area contributed by atoms with Gasteiger partial charge in [-0.2, -0.15) is 0 Å². The maximum atomic E-state index is 12.0. The molecule has 0 aliphatic heterocycles. The highest BCUT2D eigenvalue weighted by Gasteiger charge is 2.11. The van der Waals surface area contributed by atoms with Crippen LogP contribution in [0, 0.1) is 0 Å². The van der Waals surface area contributed by atoms with Gasteiger partial charge in [0.15, 0.2) is 0 Å². The molecule has 0 spiro atoms. The van der Waals surface area contributed by atoms with Gasteiger partial charge < -0.3 is 9.72 Å². The number of carbonyl (C=O) groups is 1. The molecule has 1 heterocycles. The molecule has 0 radical (unpaired) electrons. The number of methoxy groups -OCH3 is 1. The number of aromatic amines is 1. The normalized spacial score (nSPS) is 11.5. The summed E-state index contributed by atoms with van der Waals surface area (Å²) in [5, 5.41) is 1.83. The molecule has 3 aromatic carbocycles. The molecular weight excluding hydrogens is 336 g/mol. The van der Waals surface area contributed by atoms with Crippen molar-refractivity contribution in [2.75, 3.05) is 7.11 Å². The van der Waals surface area contributed by atoms with E-state index in [1.807, 2.05) is 54.7 Å². The lowest BCUT2D eigenvalue weighted by Crippen LogP contribution is -2.04. The predicted octanol–water partition coefficient (Wildman–Crippen LogP) is 4.85. The highest BCUT2D eigenvalue weighted by Crippen LogP contribution is 2.27.